The molecule has 16 heavy (non-hydrogen) atoms. The molecule has 0 aromatic carbocycles. The molecule has 0 aromatic heterocycles. The minimum absolute atomic E-state index is 0.832. The predicted molar refractivity (Wildman–Crippen MR) is 75.5 cm³/mol. The van der Waals surface area contributed by atoms with Gasteiger partial charge >= 0.3 is 0 Å². The van der Waals surface area contributed by atoms with Crippen LogP contribution in [0.25, 0.3) is 0 Å². The standard InChI is InChI=1S/C16H33/c1-5-8-10-11-12-15(4)14-16(7-3)13-9-6-2/h14-16H,5-13H2,1-4H3. The van der Waals surface area contributed by atoms with Crippen LogP contribution in [0.15, 0.2) is 0 Å². The molecule has 0 heterocycles. The monoisotopic (exact) mass is 225 g/mol. The van der Waals surface area contributed by atoms with Crippen molar-refractivity contribution < 1.29 is 0 Å². The average molecular weight is 225 g/mol. The molecule has 2 atom stereocenters. The van der Waals surface area contributed by atoms with Gasteiger partial charge in [-0.05, 0) is 18.3 Å². The van der Waals surface area contributed by atoms with Crippen LogP contribution in [-0.4, -0.2) is 0 Å². The van der Waals surface area contributed by atoms with Gasteiger partial charge in [-0.2, -0.15) is 0 Å². The van der Waals surface area contributed by atoms with E-state index in [0.717, 1.165) is 11.8 Å². The van der Waals surface area contributed by atoms with Gasteiger partial charge in [0.2, 0.25) is 0 Å². The van der Waals surface area contributed by atoms with E-state index in [1.807, 2.05) is 0 Å². The van der Waals surface area contributed by atoms with Gasteiger partial charge in [-0.15, -0.1) is 0 Å². The van der Waals surface area contributed by atoms with E-state index in [0.29, 0.717) is 0 Å². The molecule has 0 heteroatoms. The second-order valence-electron chi connectivity index (χ2n) is 5.33. The molecule has 2 unspecified atom stereocenters. The van der Waals surface area contributed by atoms with Gasteiger partial charge in [0.25, 0.3) is 0 Å². The molecule has 0 saturated heterocycles. The van der Waals surface area contributed by atoms with Crippen molar-refractivity contribution in [2.45, 2.75) is 85.5 Å². The van der Waals surface area contributed by atoms with Crippen molar-refractivity contribution in [3.8, 4) is 0 Å². The van der Waals surface area contributed by atoms with Crippen molar-refractivity contribution in [1.29, 1.82) is 0 Å². The predicted octanol–water partition coefficient (Wildman–Crippen LogP) is 6.01. The second-order valence-corrected chi connectivity index (χ2v) is 5.33. The maximum Gasteiger partial charge on any atom is -0.0327 e. The van der Waals surface area contributed by atoms with E-state index < -0.39 is 0 Å². The fraction of sp³-hybridized carbons (Fsp3) is 0.938. The summed E-state index contributed by atoms with van der Waals surface area (Å²) < 4.78 is 0. The van der Waals surface area contributed by atoms with Crippen LogP contribution in [0.1, 0.15) is 85.5 Å². The number of hydrogen-bond acceptors (Lipinski definition) is 0. The lowest BCUT2D eigenvalue weighted by Crippen LogP contribution is -2.07. The molecule has 0 aliphatic carbocycles. The first-order valence-electron chi connectivity index (χ1n) is 7.59. The normalized spacial score (nSPS) is 15.0. The average Bonchev–Trinajstić information content (AvgIpc) is 2.30. The van der Waals surface area contributed by atoms with Crippen molar-refractivity contribution in [3.05, 3.63) is 6.42 Å². The van der Waals surface area contributed by atoms with Crippen LogP contribution in [0.4, 0.5) is 0 Å². The summed E-state index contributed by atoms with van der Waals surface area (Å²) in [6.07, 6.45) is 15.1. The molecule has 0 saturated carbocycles. The Kier molecular flexibility index (Phi) is 11.5. The van der Waals surface area contributed by atoms with Crippen LogP contribution in [0.2, 0.25) is 0 Å². The van der Waals surface area contributed by atoms with Gasteiger partial charge in [0.15, 0.2) is 0 Å². The fourth-order valence-corrected chi connectivity index (χ4v) is 2.36. The van der Waals surface area contributed by atoms with Crippen molar-refractivity contribution in [2.75, 3.05) is 0 Å². The SMILES string of the molecule is CCCCCCC(C)[CH]C(CC)CCCC. The Bertz CT molecular complexity index is 128. The van der Waals surface area contributed by atoms with Crippen LogP contribution < -0.4 is 0 Å². The fourth-order valence-electron chi connectivity index (χ4n) is 2.36. The van der Waals surface area contributed by atoms with Gasteiger partial charge in [0, 0.05) is 0 Å². The van der Waals surface area contributed by atoms with Gasteiger partial charge in [0.05, 0.1) is 0 Å². The highest BCUT2D eigenvalue weighted by Gasteiger charge is 2.11. The van der Waals surface area contributed by atoms with E-state index in [9.17, 15) is 0 Å². The number of hydrogen-bond donors (Lipinski definition) is 0. The van der Waals surface area contributed by atoms with E-state index in [1.165, 1.54) is 57.8 Å². The molecular formula is C16H33. The Labute approximate surface area is 104 Å². The number of unbranched alkanes of at least 4 members (excludes halogenated alkanes) is 4. The van der Waals surface area contributed by atoms with Gasteiger partial charge in [-0.3, -0.25) is 0 Å². The van der Waals surface area contributed by atoms with Gasteiger partial charge in [-0.1, -0.05) is 85.5 Å². The lowest BCUT2D eigenvalue weighted by Gasteiger charge is -2.19. The Morgan fingerprint density at radius 1 is 0.812 bits per heavy atom. The summed E-state index contributed by atoms with van der Waals surface area (Å²) >= 11 is 0. The zero-order chi connectivity index (χ0) is 12.2. The minimum Gasteiger partial charge on any atom is -0.0654 e. The van der Waals surface area contributed by atoms with E-state index in [2.05, 4.69) is 34.1 Å². The van der Waals surface area contributed by atoms with Crippen molar-refractivity contribution in [1.82, 2.24) is 0 Å². The minimum atomic E-state index is 0.832. The van der Waals surface area contributed by atoms with Crippen molar-refractivity contribution >= 4 is 0 Å². The van der Waals surface area contributed by atoms with Gasteiger partial charge < -0.3 is 0 Å². The largest absolute Gasteiger partial charge is 0.0654 e. The summed E-state index contributed by atoms with van der Waals surface area (Å²) in [6, 6.07) is 0. The Morgan fingerprint density at radius 3 is 2.06 bits per heavy atom. The summed E-state index contributed by atoms with van der Waals surface area (Å²) in [5.74, 6) is 1.71. The quantitative estimate of drug-likeness (QED) is 0.377. The van der Waals surface area contributed by atoms with Crippen LogP contribution in [0, 0.1) is 18.3 Å². The lowest BCUT2D eigenvalue weighted by molar-refractivity contribution is 0.429. The Morgan fingerprint density at radius 2 is 1.50 bits per heavy atom. The third-order valence-corrected chi connectivity index (χ3v) is 3.57. The molecule has 0 amide bonds. The van der Waals surface area contributed by atoms with Crippen molar-refractivity contribution in [3.63, 3.8) is 0 Å². The highest BCUT2D eigenvalue weighted by atomic mass is 14.2. The Balaban J connectivity index is 3.53. The first-order chi connectivity index (χ1) is 7.74. The molecule has 0 aromatic rings. The van der Waals surface area contributed by atoms with Gasteiger partial charge in [-0.25, -0.2) is 0 Å². The molecule has 0 bridgehead atoms. The maximum absolute atomic E-state index is 2.63. The molecule has 1 radical (unpaired) electrons. The molecule has 0 aliphatic rings. The third-order valence-electron chi connectivity index (χ3n) is 3.57. The molecule has 97 valence electrons. The molecule has 0 rings (SSSR count). The Hall–Kier alpha value is 0. The van der Waals surface area contributed by atoms with E-state index in [4.69, 9.17) is 0 Å². The van der Waals surface area contributed by atoms with E-state index >= 15 is 0 Å². The highest BCUT2D eigenvalue weighted by molar-refractivity contribution is 4.80. The molecule has 0 fully saturated rings. The van der Waals surface area contributed by atoms with Gasteiger partial charge in [0.1, 0.15) is 0 Å². The van der Waals surface area contributed by atoms with Crippen LogP contribution >= 0.6 is 0 Å². The highest BCUT2D eigenvalue weighted by Crippen LogP contribution is 2.23. The molecular weight excluding hydrogens is 192 g/mol. The van der Waals surface area contributed by atoms with Crippen molar-refractivity contribution in [2.24, 2.45) is 11.8 Å². The summed E-state index contributed by atoms with van der Waals surface area (Å²) in [5, 5.41) is 0. The smallest absolute Gasteiger partial charge is 0.0327 e. The zero-order valence-electron chi connectivity index (χ0n) is 12.1. The number of rotatable bonds is 11. The summed E-state index contributed by atoms with van der Waals surface area (Å²) in [6.45, 7) is 9.31. The first-order valence-corrected chi connectivity index (χ1v) is 7.59. The summed E-state index contributed by atoms with van der Waals surface area (Å²) in [7, 11) is 0. The summed E-state index contributed by atoms with van der Waals surface area (Å²) in [5.41, 5.74) is 0. The zero-order valence-corrected chi connectivity index (χ0v) is 12.1. The maximum atomic E-state index is 2.63. The molecule has 0 nitrogen and oxygen atoms in total. The van der Waals surface area contributed by atoms with Crippen LogP contribution in [0.3, 0.4) is 0 Å². The third kappa shape index (κ3) is 9.24. The van der Waals surface area contributed by atoms with E-state index in [1.54, 1.807) is 0 Å². The topological polar surface area (TPSA) is 0 Å². The van der Waals surface area contributed by atoms with E-state index in [-0.39, 0.29) is 0 Å². The molecule has 0 N–H and O–H groups in total. The lowest BCUT2D eigenvalue weighted by atomic mass is 9.87. The molecule has 0 spiro atoms. The van der Waals surface area contributed by atoms with Crippen LogP contribution in [-0.2, 0) is 0 Å². The second kappa shape index (κ2) is 11.5. The summed E-state index contributed by atoms with van der Waals surface area (Å²) in [4.78, 5) is 0. The molecule has 0 aliphatic heterocycles. The van der Waals surface area contributed by atoms with Crippen LogP contribution in [0.5, 0.6) is 0 Å². The first kappa shape index (κ1) is 16.0.